The molecule has 0 saturated carbocycles. The van der Waals surface area contributed by atoms with Crippen LogP contribution in [0.1, 0.15) is 6.93 Å². The van der Waals surface area contributed by atoms with Crippen molar-refractivity contribution in [2.45, 2.75) is 6.92 Å². The molecule has 0 aromatic heterocycles. The van der Waals surface area contributed by atoms with Gasteiger partial charge < -0.3 is 0 Å². The summed E-state index contributed by atoms with van der Waals surface area (Å²) in [5, 5.41) is 2.38. The van der Waals surface area contributed by atoms with Crippen LogP contribution in [0.5, 0.6) is 0 Å². The molecule has 3 rings (SSSR count). The van der Waals surface area contributed by atoms with Crippen LogP contribution in [0.3, 0.4) is 0 Å². The summed E-state index contributed by atoms with van der Waals surface area (Å²) in [6, 6.07) is 19.0. The van der Waals surface area contributed by atoms with Crippen molar-refractivity contribution in [2.24, 2.45) is 0 Å². The van der Waals surface area contributed by atoms with Gasteiger partial charge in [-0.3, -0.25) is 0 Å². The Hall–Kier alpha value is -1.60. The van der Waals surface area contributed by atoms with E-state index in [1.807, 2.05) is 31.2 Å². The highest BCUT2D eigenvalue weighted by atomic mass is 79.9. The normalized spacial score (nSPS) is 11.6. The molecule has 0 aliphatic heterocycles. The summed E-state index contributed by atoms with van der Waals surface area (Å²) in [7, 11) is 0. The van der Waals surface area contributed by atoms with Crippen LogP contribution >= 0.6 is 15.9 Å². The Morgan fingerprint density at radius 2 is 1.72 bits per heavy atom. The van der Waals surface area contributed by atoms with Gasteiger partial charge in [-0.2, -0.15) is 0 Å². The number of rotatable bonds is 1. The number of benzene rings is 3. The van der Waals surface area contributed by atoms with Gasteiger partial charge in [-0.15, -0.1) is 0 Å². The van der Waals surface area contributed by atoms with Crippen LogP contribution in [0.25, 0.3) is 21.9 Å². The molecule has 0 spiro atoms. The SMILES string of the molecule is [2H]c1cc(C)cc(Br)c1-c1cccc2ccccc12. The van der Waals surface area contributed by atoms with Gasteiger partial charge in [0.1, 0.15) is 0 Å². The maximum absolute atomic E-state index is 8.24. The molecule has 0 saturated heterocycles. The highest BCUT2D eigenvalue weighted by Gasteiger charge is 2.06. The van der Waals surface area contributed by atoms with Gasteiger partial charge in [0, 0.05) is 4.47 Å². The van der Waals surface area contributed by atoms with E-state index >= 15 is 0 Å². The van der Waals surface area contributed by atoms with Crippen LogP contribution in [-0.2, 0) is 0 Å². The molecule has 0 N–H and O–H groups in total. The van der Waals surface area contributed by atoms with Gasteiger partial charge in [-0.1, -0.05) is 70.5 Å². The minimum atomic E-state index is 0.559. The van der Waals surface area contributed by atoms with Gasteiger partial charge in [-0.05, 0) is 40.5 Å². The molecule has 3 aromatic rings. The molecule has 0 bridgehead atoms. The van der Waals surface area contributed by atoms with Gasteiger partial charge in [0.15, 0.2) is 0 Å². The minimum Gasteiger partial charge on any atom is -0.0616 e. The number of fused-ring (bicyclic) bond motifs is 1. The second-order valence-electron chi connectivity index (χ2n) is 4.43. The molecule has 0 aliphatic rings. The van der Waals surface area contributed by atoms with Crippen molar-refractivity contribution >= 4 is 26.7 Å². The number of hydrogen-bond acceptors (Lipinski definition) is 0. The number of aryl methyl sites for hydroxylation is 1. The first-order valence-corrected chi connectivity index (χ1v) is 6.71. The summed E-state index contributed by atoms with van der Waals surface area (Å²) in [6.07, 6.45) is 0. The summed E-state index contributed by atoms with van der Waals surface area (Å²) in [4.78, 5) is 0. The Bertz CT molecular complexity index is 734. The second kappa shape index (κ2) is 4.58. The van der Waals surface area contributed by atoms with Crippen molar-refractivity contribution in [1.82, 2.24) is 0 Å². The lowest BCUT2D eigenvalue weighted by atomic mass is 9.98. The fourth-order valence-corrected chi connectivity index (χ4v) is 2.91. The van der Waals surface area contributed by atoms with Crippen molar-refractivity contribution in [3.05, 3.63) is 70.7 Å². The van der Waals surface area contributed by atoms with E-state index in [1.165, 1.54) is 10.8 Å². The lowest BCUT2D eigenvalue weighted by molar-refractivity contribution is 1.45. The average molecular weight is 298 g/mol. The first-order valence-electron chi connectivity index (χ1n) is 6.42. The molecule has 0 heterocycles. The lowest BCUT2D eigenvalue weighted by Crippen LogP contribution is -1.83. The molecule has 0 nitrogen and oxygen atoms in total. The third kappa shape index (κ3) is 1.95. The van der Waals surface area contributed by atoms with E-state index in [0.29, 0.717) is 6.04 Å². The first-order chi connectivity index (χ1) is 9.16. The Balaban J connectivity index is 2.37. The van der Waals surface area contributed by atoms with E-state index in [4.69, 9.17) is 1.37 Å². The molecule has 18 heavy (non-hydrogen) atoms. The van der Waals surface area contributed by atoms with Gasteiger partial charge in [0.25, 0.3) is 0 Å². The standard InChI is InChI=1S/C17H13Br/c1-12-9-10-16(17(18)11-12)15-8-4-6-13-5-2-3-7-14(13)15/h2-11H,1H3/i10D. The highest BCUT2D eigenvalue weighted by molar-refractivity contribution is 9.10. The molecule has 88 valence electrons. The molecule has 3 aromatic carbocycles. The summed E-state index contributed by atoms with van der Waals surface area (Å²) < 4.78 is 9.22. The highest BCUT2D eigenvalue weighted by Crippen LogP contribution is 2.33. The Morgan fingerprint density at radius 3 is 2.56 bits per heavy atom. The Labute approximate surface area is 117 Å². The van der Waals surface area contributed by atoms with Crippen molar-refractivity contribution in [1.29, 1.82) is 0 Å². The maximum Gasteiger partial charge on any atom is 0.0630 e. The van der Waals surface area contributed by atoms with E-state index < -0.39 is 0 Å². The lowest BCUT2D eigenvalue weighted by Gasteiger charge is -2.09. The summed E-state index contributed by atoms with van der Waals surface area (Å²) >= 11 is 3.60. The molecular formula is C17H13Br. The van der Waals surface area contributed by atoms with Crippen molar-refractivity contribution < 1.29 is 1.37 Å². The molecule has 0 amide bonds. The second-order valence-corrected chi connectivity index (χ2v) is 5.28. The largest absolute Gasteiger partial charge is 0.0630 e. The molecule has 1 heteroatoms. The zero-order chi connectivity index (χ0) is 13.4. The van der Waals surface area contributed by atoms with Gasteiger partial charge in [0.2, 0.25) is 0 Å². The molecule has 0 fully saturated rings. The van der Waals surface area contributed by atoms with E-state index in [1.54, 1.807) is 0 Å². The zero-order valence-electron chi connectivity index (χ0n) is 11.1. The fraction of sp³-hybridized carbons (Fsp3) is 0.0588. The van der Waals surface area contributed by atoms with Crippen LogP contribution in [0.15, 0.2) is 65.1 Å². The fourth-order valence-electron chi connectivity index (χ4n) is 2.22. The van der Waals surface area contributed by atoms with E-state index in [2.05, 4.69) is 46.3 Å². The van der Waals surface area contributed by atoms with Crippen LogP contribution < -0.4 is 0 Å². The third-order valence-corrected chi connectivity index (χ3v) is 3.72. The predicted octanol–water partition coefficient (Wildman–Crippen LogP) is 5.58. The predicted molar refractivity (Wildman–Crippen MR) is 81.8 cm³/mol. The molecule has 0 aliphatic carbocycles. The summed E-state index contributed by atoms with van der Waals surface area (Å²) in [5.41, 5.74) is 3.17. The van der Waals surface area contributed by atoms with E-state index in [0.717, 1.165) is 21.2 Å². The number of hydrogen-bond donors (Lipinski definition) is 0. The van der Waals surface area contributed by atoms with Gasteiger partial charge >= 0.3 is 0 Å². The van der Waals surface area contributed by atoms with Crippen molar-refractivity contribution in [2.75, 3.05) is 0 Å². The summed E-state index contributed by atoms with van der Waals surface area (Å²) in [6.45, 7) is 2.01. The minimum absolute atomic E-state index is 0.559. The van der Waals surface area contributed by atoms with Gasteiger partial charge in [-0.25, -0.2) is 0 Å². The van der Waals surface area contributed by atoms with Crippen LogP contribution in [0, 0.1) is 6.92 Å². The quantitative estimate of drug-likeness (QED) is 0.550. The van der Waals surface area contributed by atoms with E-state index in [-0.39, 0.29) is 0 Å². The average Bonchev–Trinajstić information content (AvgIpc) is 2.38. The Morgan fingerprint density at radius 1 is 0.944 bits per heavy atom. The van der Waals surface area contributed by atoms with Gasteiger partial charge in [0.05, 0.1) is 1.37 Å². The smallest absolute Gasteiger partial charge is 0.0616 e. The molecule has 0 unspecified atom stereocenters. The molecule has 0 radical (unpaired) electrons. The molecule has 0 atom stereocenters. The monoisotopic (exact) mass is 297 g/mol. The van der Waals surface area contributed by atoms with E-state index in [9.17, 15) is 0 Å². The van der Waals surface area contributed by atoms with Crippen molar-refractivity contribution in [3.63, 3.8) is 0 Å². The van der Waals surface area contributed by atoms with Crippen molar-refractivity contribution in [3.8, 4) is 11.1 Å². The maximum atomic E-state index is 8.24. The number of halogens is 1. The van der Waals surface area contributed by atoms with Crippen LogP contribution in [-0.4, -0.2) is 0 Å². The third-order valence-electron chi connectivity index (χ3n) is 3.10. The summed E-state index contributed by atoms with van der Waals surface area (Å²) in [5.74, 6) is 0. The topological polar surface area (TPSA) is 0 Å². The molecular weight excluding hydrogens is 284 g/mol. The van der Waals surface area contributed by atoms with Crippen LogP contribution in [0.2, 0.25) is 0 Å². The zero-order valence-corrected chi connectivity index (χ0v) is 11.7. The first kappa shape index (κ1) is 10.3. The Kier molecular flexibility index (Phi) is 2.63. The van der Waals surface area contributed by atoms with Crippen LogP contribution in [0.4, 0.5) is 0 Å².